The summed E-state index contributed by atoms with van der Waals surface area (Å²) in [5, 5.41) is 13.7. The second kappa shape index (κ2) is 6.82. The van der Waals surface area contributed by atoms with Crippen molar-refractivity contribution in [1.82, 2.24) is 15.0 Å². The summed E-state index contributed by atoms with van der Waals surface area (Å²) in [4.78, 5) is 0. The first-order valence-corrected chi connectivity index (χ1v) is 9.25. The largest absolute Gasteiger partial charge is 0.497 e. The van der Waals surface area contributed by atoms with E-state index in [0.717, 1.165) is 17.0 Å². The van der Waals surface area contributed by atoms with Crippen LogP contribution in [0.5, 0.6) is 5.75 Å². The lowest BCUT2D eigenvalue weighted by atomic mass is 10.00. The van der Waals surface area contributed by atoms with Crippen LogP contribution in [0.15, 0.2) is 85.1 Å². The summed E-state index contributed by atoms with van der Waals surface area (Å²) in [5.74, 6) is 0.813. The van der Waals surface area contributed by atoms with E-state index in [4.69, 9.17) is 4.74 Å². The molecule has 1 aromatic heterocycles. The molecule has 28 heavy (non-hydrogen) atoms. The van der Waals surface area contributed by atoms with Gasteiger partial charge < -0.3 is 4.74 Å². The number of benzene rings is 4. The van der Waals surface area contributed by atoms with Gasteiger partial charge in [-0.15, -0.1) is 5.10 Å². The number of ether oxygens (including phenoxy) is 1. The number of rotatable bonds is 4. The summed E-state index contributed by atoms with van der Waals surface area (Å²) < 4.78 is 7.19. The first kappa shape index (κ1) is 16.5. The van der Waals surface area contributed by atoms with Crippen molar-refractivity contribution in [3.63, 3.8) is 0 Å². The lowest BCUT2D eigenvalue weighted by Crippen LogP contribution is -2.01. The van der Waals surface area contributed by atoms with Gasteiger partial charge >= 0.3 is 0 Å². The number of hydrogen-bond donors (Lipinski definition) is 0. The van der Waals surface area contributed by atoms with E-state index in [1.165, 1.54) is 27.1 Å². The summed E-state index contributed by atoms with van der Waals surface area (Å²) >= 11 is 0. The predicted octanol–water partition coefficient (Wildman–Crippen LogP) is 5.31. The van der Waals surface area contributed by atoms with Gasteiger partial charge in [-0.05, 0) is 51.4 Å². The summed E-state index contributed by atoms with van der Waals surface area (Å²) in [6, 6.07) is 27.3. The van der Waals surface area contributed by atoms with E-state index < -0.39 is 0 Å². The van der Waals surface area contributed by atoms with Gasteiger partial charge in [-0.1, -0.05) is 59.8 Å². The molecule has 0 amide bonds. The molecule has 1 heterocycles. The van der Waals surface area contributed by atoms with Gasteiger partial charge in [0.25, 0.3) is 0 Å². The van der Waals surface area contributed by atoms with Gasteiger partial charge in [0.05, 0.1) is 19.9 Å². The SMILES string of the molecule is COc1cccc(-c2cn(Cc3cccc4cc5ccccc5cc34)nn2)c1. The molecule has 5 aromatic rings. The third kappa shape index (κ3) is 2.99. The molecule has 0 N–H and O–H groups in total. The van der Waals surface area contributed by atoms with Crippen LogP contribution >= 0.6 is 0 Å². The van der Waals surface area contributed by atoms with Gasteiger partial charge in [0.1, 0.15) is 11.4 Å². The molecule has 0 fully saturated rings. The highest BCUT2D eigenvalue weighted by atomic mass is 16.5. The highest BCUT2D eigenvalue weighted by molar-refractivity contribution is 5.99. The fraction of sp³-hybridized carbons (Fsp3) is 0.0833. The topological polar surface area (TPSA) is 39.9 Å². The molecule has 0 radical (unpaired) electrons. The van der Waals surface area contributed by atoms with E-state index in [-0.39, 0.29) is 0 Å². The molecular weight excluding hydrogens is 346 g/mol. The minimum Gasteiger partial charge on any atom is -0.497 e. The van der Waals surface area contributed by atoms with E-state index in [1.54, 1.807) is 7.11 Å². The van der Waals surface area contributed by atoms with Gasteiger partial charge in [-0.25, -0.2) is 4.68 Å². The minimum absolute atomic E-state index is 0.673. The van der Waals surface area contributed by atoms with Gasteiger partial charge in [0.15, 0.2) is 0 Å². The van der Waals surface area contributed by atoms with Crippen LogP contribution in [0.4, 0.5) is 0 Å². The van der Waals surface area contributed by atoms with E-state index in [9.17, 15) is 0 Å². The Kier molecular flexibility index (Phi) is 4.02. The van der Waals surface area contributed by atoms with Crippen LogP contribution in [0.2, 0.25) is 0 Å². The highest BCUT2D eigenvalue weighted by Crippen LogP contribution is 2.27. The number of aromatic nitrogens is 3. The van der Waals surface area contributed by atoms with Gasteiger partial charge in [-0.2, -0.15) is 0 Å². The molecule has 4 nitrogen and oxygen atoms in total. The molecule has 4 aromatic carbocycles. The van der Waals surface area contributed by atoms with Crippen molar-refractivity contribution in [2.45, 2.75) is 6.54 Å². The van der Waals surface area contributed by atoms with Crippen molar-refractivity contribution >= 4 is 21.5 Å². The molecule has 0 bridgehead atoms. The highest BCUT2D eigenvalue weighted by Gasteiger charge is 2.08. The Labute approximate surface area is 163 Å². The number of fused-ring (bicyclic) bond motifs is 2. The average molecular weight is 365 g/mol. The zero-order chi connectivity index (χ0) is 18.9. The Morgan fingerprint density at radius 3 is 2.46 bits per heavy atom. The van der Waals surface area contributed by atoms with Crippen LogP contribution in [-0.2, 0) is 6.54 Å². The summed E-state index contributed by atoms with van der Waals surface area (Å²) in [5.41, 5.74) is 3.06. The molecule has 0 aliphatic rings. The smallest absolute Gasteiger partial charge is 0.119 e. The van der Waals surface area contributed by atoms with Crippen LogP contribution in [0, 0.1) is 0 Å². The lowest BCUT2D eigenvalue weighted by Gasteiger charge is -2.08. The second-order valence-electron chi connectivity index (χ2n) is 6.87. The second-order valence-corrected chi connectivity index (χ2v) is 6.87. The fourth-order valence-corrected chi connectivity index (χ4v) is 3.63. The Hall–Kier alpha value is -3.66. The standard InChI is InChI=1S/C24H19N3O/c1-28-22-11-5-9-20(13-22)24-16-27(26-25-24)15-21-10-4-8-19-12-17-6-2-3-7-18(17)14-23(19)21/h2-14,16H,15H2,1H3. The molecule has 5 rings (SSSR count). The van der Waals surface area contributed by atoms with Crippen LogP contribution in [0.1, 0.15) is 5.56 Å². The van der Waals surface area contributed by atoms with E-state index in [2.05, 4.69) is 64.9 Å². The molecule has 0 unspecified atom stereocenters. The van der Waals surface area contributed by atoms with Crippen LogP contribution in [-0.4, -0.2) is 22.1 Å². The lowest BCUT2D eigenvalue weighted by molar-refractivity contribution is 0.415. The maximum absolute atomic E-state index is 5.31. The molecule has 4 heteroatoms. The van der Waals surface area contributed by atoms with Gasteiger partial charge in [0, 0.05) is 5.56 Å². The zero-order valence-corrected chi connectivity index (χ0v) is 15.5. The van der Waals surface area contributed by atoms with Crippen molar-refractivity contribution in [3.05, 3.63) is 90.6 Å². The molecule has 136 valence electrons. The third-order valence-electron chi connectivity index (χ3n) is 5.07. The molecule has 0 atom stereocenters. The monoisotopic (exact) mass is 365 g/mol. The number of nitrogens with zero attached hydrogens (tertiary/aromatic N) is 3. The van der Waals surface area contributed by atoms with Crippen molar-refractivity contribution in [2.24, 2.45) is 0 Å². The zero-order valence-electron chi connectivity index (χ0n) is 15.5. The average Bonchev–Trinajstić information content (AvgIpc) is 3.21. The van der Waals surface area contributed by atoms with Crippen LogP contribution in [0.3, 0.4) is 0 Å². The quantitative estimate of drug-likeness (QED) is 0.405. The Morgan fingerprint density at radius 2 is 1.61 bits per heavy atom. The first-order valence-electron chi connectivity index (χ1n) is 9.25. The minimum atomic E-state index is 0.673. The van der Waals surface area contributed by atoms with Crippen molar-refractivity contribution in [2.75, 3.05) is 7.11 Å². The van der Waals surface area contributed by atoms with Crippen molar-refractivity contribution in [3.8, 4) is 17.0 Å². The summed E-state index contributed by atoms with van der Waals surface area (Å²) in [6.07, 6.45) is 1.98. The normalized spacial score (nSPS) is 11.2. The van der Waals surface area contributed by atoms with Crippen LogP contribution in [0.25, 0.3) is 32.8 Å². The molecule has 0 saturated heterocycles. The molecule has 0 spiro atoms. The molecule has 0 aliphatic carbocycles. The maximum atomic E-state index is 5.31. The van der Waals surface area contributed by atoms with Crippen molar-refractivity contribution in [1.29, 1.82) is 0 Å². The number of hydrogen-bond acceptors (Lipinski definition) is 3. The van der Waals surface area contributed by atoms with Crippen LogP contribution < -0.4 is 4.74 Å². The number of methoxy groups -OCH3 is 1. The predicted molar refractivity (Wildman–Crippen MR) is 113 cm³/mol. The Morgan fingerprint density at radius 1 is 0.821 bits per heavy atom. The van der Waals surface area contributed by atoms with Gasteiger partial charge in [-0.3, -0.25) is 0 Å². The molecular formula is C24H19N3O. The third-order valence-corrected chi connectivity index (χ3v) is 5.07. The molecule has 0 saturated carbocycles. The van der Waals surface area contributed by atoms with E-state index >= 15 is 0 Å². The molecule has 0 aliphatic heterocycles. The first-order chi connectivity index (χ1) is 13.8. The summed E-state index contributed by atoms with van der Waals surface area (Å²) in [6.45, 7) is 0.673. The van der Waals surface area contributed by atoms with Crippen molar-refractivity contribution < 1.29 is 4.74 Å². The van der Waals surface area contributed by atoms with E-state index in [0.29, 0.717) is 6.54 Å². The Bertz CT molecular complexity index is 1290. The van der Waals surface area contributed by atoms with Gasteiger partial charge in [0.2, 0.25) is 0 Å². The fourth-order valence-electron chi connectivity index (χ4n) is 3.63. The maximum Gasteiger partial charge on any atom is 0.119 e. The summed E-state index contributed by atoms with van der Waals surface area (Å²) in [7, 11) is 1.67. The van der Waals surface area contributed by atoms with E-state index in [1.807, 2.05) is 35.1 Å². The Balaban J connectivity index is 1.52.